The van der Waals surface area contributed by atoms with Crippen molar-refractivity contribution < 1.29 is 8.42 Å². The maximum absolute atomic E-state index is 12.1. The van der Waals surface area contributed by atoms with E-state index in [0.29, 0.717) is 31.3 Å². The molecule has 112 valence electrons. The van der Waals surface area contributed by atoms with E-state index in [1.807, 2.05) is 6.07 Å². The number of hydrogen-bond donors (Lipinski definition) is 0. The molecule has 1 saturated heterocycles. The summed E-state index contributed by atoms with van der Waals surface area (Å²) in [6, 6.07) is 10.4. The Morgan fingerprint density at radius 2 is 1.80 bits per heavy atom. The molecule has 3 nitrogen and oxygen atoms in total. The highest BCUT2D eigenvalue weighted by Gasteiger charge is 2.27. The molecule has 0 spiro atoms. The fourth-order valence-corrected chi connectivity index (χ4v) is 4.53. The number of rotatable bonds is 6. The van der Waals surface area contributed by atoms with Gasteiger partial charge in [-0.1, -0.05) is 30.3 Å². The van der Waals surface area contributed by atoms with E-state index in [9.17, 15) is 8.42 Å². The first-order chi connectivity index (χ1) is 9.62. The molecule has 20 heavy (non-hydrogen) atoms. The average molecular weight is 316 g/mol. The lowest BCUT2D eigenvalue weighted by Gasteiger charge is -2.31. The van der Waals surface area contributed by atoms with Gasteiger partial charge in [0.25, 0.3) is 0 Å². The summed E-state index contributed by atoms with van der Waals surface area (Å²) in [7, 11) is -3.09. The minimum absolute atomic E-state index is 0.180. The van der Waals surface area contributed by atoms with Crippen LogP contribution < -0.4 is 0 Å². The van der Waals surface area contributed by atoms with Crippen LogP contribution in [0, 0.1) is 5.92 Å². The normalized spacial score (nSPS) is 18.2. The fourth-order valence-electron chi connectivity index (χ4n) is 2.71. The molecular weight excluding hydrogens is 294 g/mol. The van der Waals surface area contributed by atoms with Crippen molar-refractivity contribution in [3.63, 3.8) is 0 Å². The lowest BCUT2D eigenvalue weighted by Crippen LogP contribution is -2.40. The average Bonchev–Trinajstić information content (AvgIpc) is 2.47. The number of alkyl halides is 1. The summed E-state index contributed by atoms with van der Waals surface area (Å²) < 4.78 is 25.8. The van der Waals surface area contributed by atoms with Crippen molar-refractivity contribution in [1.29, 1.82) is 0 Å². The maximum Gasteiger partial charge on any atom is 0.214 e. The van der Waals surface area contributed by atoms with Crippen molar-refractivity contribution in [2.75, 3.05) is 24.7 Å². The Hall–Kier alpha value is -0.580. The van der Waals surface area contributed by atoms with Crippen molar-refractivity contribution >= 4 is 21.6 Å². The van der Waals surface area contributed by atoms with Crippen molar-refractivity contribution in [2.45, 2.75) is 25.7 Å². The molecule has 1 fully saturated rings. The second-order valence-corrected chi connectivity index (χ2v) is 7.86. The van der Waals surface area contributed by atoms with Crippen LogP contribution in [0.3, 0.4) is 0 Å². The number of hydrogen-bond acceptors (Lipinski definition) is 2. The van der Waals surface area contributed by atoms with Gasteiger partial charge in [0, 0.05) is 19.0 Å². The van der Waals surface area contributed by atoms with Crippen LogP contribution in [0.1, 0.15) is 24.8 Å². The topological polar surface area (TPSA) is 37.4 Å². The summed E-state index contributed by atoms with van der Waals surface area (Å²) in [5.41, 5.74) is 1.34. The monoisotopic (exact) mass is 315 g/mol. The molecule has 0 unspecified atom stereocenters. The van der Waals surface area contributed by atoms with E-state index < -0.39 is 10.0 Å². The molecule has 5 heteroatoms. The zero-order valence-corrected chi connectivity index (χ0v) is 13.2. The maximum atomic E-state index is 12.1. The minimum atomic E-state index is -3.09. The third-order valence-corrected chi connectivity index (χ3v) is 6.09. The van der Waals surface area contributed by atoms with E-state index in [4.69, 9.17) is 11.6 Å². The van der Waals surface area contributed by atoms with Crippen LogP contribution in [0.15, 0.2) is 30.3 Å². The van der Waals surface area contributed by atoms with Gasteiger partial charge in [0.1, 0.15) is 0 Å². The van der Waals surface area contributed by atoms with E-state index in [1.54, 1.807) is 4.31 Å². The quantitative estimate of drug-likeness (QED) is 0.757. The molecule has 0 saturated carbocycles. The predicted molar refractivity (Wildman–Crippen MR) is 83.6 cm³/mol. The Morgan fingerprint density at radius 1 is 1.15 bits per heavy atom. The number of nitrogens with zero attached hydrogens (tertiary/aromatic N) is 1. The van der Waals surface area contributed by atoms with Crippen LogP contribution in [-0.4, -0.2) is 37.4 Å². The summed E-state index contributed by atoms with van der Waals surface area (Å²) in [5.74, 6) is 1.18. The Bertz CT molecular complexity index is 496. The van der Waals surface area contributed by atoms with Crippen molar-refractivity contribution in [1.82, 2.24) is 4.31 Å². The van der Waals surface area contributed by atoms with Gasteiger partial charge in [-0.05, 0) is 37.2 Å². The molecule has 1 aromatic rings. The van der Waals surface area contributed by atoms with Gasteiger partial charge in [-0.3, -0.25) is 0 Å². The summed E-state index contributed by atoms with van der Waals surface area (Å²) in [5, 5.41) is 0. The van der Waals surface area contributed by atoms with Gasteiger partial charge < -0.3 is 0 Å². The molecule has 2 rings (SSSR count). The Balaban J connectivity index is 1.83. The molecule has 1 aliphatic heterocycles. The minimum Gasteiger partial charge on any atom is -0.212 e. The van der Waals surface area contributed by atoms with E-state index in [-0.39, 0.29) is 5.75 Å². The lowest BCUT2D eigenvalue weighted by atomic mass is 9.91. The molecule has 0 amide bonds. The molecular formula is C15H22ClNO2S. The number of piperidine rings is 1. The van der Waals surface area contributed by atoms with Gasteiger partial charge >= 0.3 is 0 Å². The van der Waals surface area contributed by atoms with Gasteiger partial charge in [0.2, 0.25) is 10.0 Å². The molecule has 0 atom stereocenters. The molecule has 0 aromatic heterocycles. The predicted octanol–water partition coefficient (Wildman–Crippen LogP) is 2.90. The zero-order valence-electron chi connectivity index (χ0n) is 11.7. The molecule has 0 N–H and O–H groups in total. The number of halogens is 1. The first-order valence-electron chi connectivity index (χ1n) is 7.19. The highest BCUT2D eigenvalue weighted by molar-refractivity contribution is 7.89. The van der Waals surface area contributed by atoms with Crippen molar-refractivity contribution in [3.8, 4) is 0 Å². The first-order valence-corrected chi connectivity index (χ1v) is 9.34. The Labute approximate surface area is 127 Å². The standard InChI is InChI=1S/C15H22ClNO2S/c16-9-4-12-20(18,19)17-10-7-15(8-11-17)13-14-5-2-1-3-6-14/h1-3,5-6,15H,4,7-13H2. The molecule has 0 aliphatic carbocycles. The highest BCUT2D eigenvalue weighted by Crippen LogP contribution is 2.23. The van der Waals surface area contributed by atoms with Crippen LogP contribution >= 0.6 is 11.6 Å². The molecule has 0 bridgehead atoms. The number of sulfonamides is 1. The van der Waals surface area contributed by atoms with E-state index in [0.717, 1.165) is 19.3 Å². The van der Waals surface area contributed by atoms with Gasteiger partial charge in [-0.25, -0.2) is 12.7 Å². The molecule has 1 heterocycles. The van der Waals surface area contributed by atoms with Gasteiger partial charge in [-0.2, -0.15) is 0 Å². The van der Waals surface area contributed by atoms with E-state index in [2.05, 4.69) is 24.3 Å². The van der Waals surface area contributed by atoms with Crippen LogP contribution in [-0.2, 0) is 16.4 Å². The van der Waals surface area contributed by atoms with E-state index >= 15 is 0 Å². The van der Waals surface area contributed by atoms with E-state index in [1.165, 1.54) is 5.56 Å². The summed E-state index contributed by atoms with van der Waals surface area (Å²) in [6.07, 6.45) is 3.49. The van der Waals surface area contributed by atoms with Crippen LogP contribution in [0.25, 0.3) is 0 Å². The highest BCUT2D eigenvalue weighted by atomic mass is 35.5. The first kappa shape index (κ1) is 15.8. The summed E-state index contributed by atoms with van der Waals surface area (Å²) in [6.45, 7) is 1.31. The molecule has 1 aliphatic rings. The van der Waals surface area contributed by atoms with Crippen LogP contribution in [0.2, 0.25) is 0 Å². The van der Waals surface area contributed by atoms with Crippen molar-refractivity contribution in [3.05, 3.63) is 35.9 Å². The van der Waals surface area contributed by atoms with Crippen LogP contribution in [0.5, 0.6) is 0 Å². The van der Waals surface area contributed by atoms with Crippen molar-refractivity contribution in [2.24, 2.45) is 5.92 Å². The molecule has 1 aromatic carbocycles. The summed E-state index contributed by atoms with van der Waals surface area (Å²) in [4.78, 5) is 0. The zero-order chi connectivity index (χ0) is 14.4. The van der Waals surface area contributed by atoms with Gasteiger partial charge in [0.05, 0.1) is 5.75 Å². The number of benzene rings is 1. The second-order valence-electron chi connectivity index (χ2n) is 5.39. The second kappa shape index (κ2) is 7.43. The largest absolute Gasteiger partial charge is 0.214 e. The Kier molecular flexibility index (Phi) is 5.87. The SMILES string of the molecule is O=S(=O)(CCCCl)N1CCC(Cc2ccccc2)CC1. The Morgan fingerprint density at radius 3 is 2.40 bits per heavy atom. The fraction of sp³-hybridized carbons (Fsp3) is 0.600. The third-order valence-electron chi connectivity index (χ3n) is 3.87. The summed E-state index contributed by atoms with van der Waals surface area (Å²) >= 11 is 5.58. The molecule has 0 radical (unpaired) electrons. The smallest absolute Gasteiger partial charge is 0.212 e. The third kappa shape index (κ3) is 4.47. The lowest BCUT2D eigenvalue weighted by molar-refractivity contribution is 0.273. The van der Waals surface area contributed by atoms with Crippen LogP contribution in [0.4, 0.5) is 0 Å². The van der Waals surface area contributed by atoms with Gasteiger partial charge in [0.15, 0.2) is 0 Å². The van der Waals surface area contributed by atoms with Gasteiger partial charge in [-0.15, -0.1) is 11.6 Å².